The lowest BCUT2D eigenvalue weighted by atomic mass is 9.98. The van der Waals surface area contributed by atoms with Crippen LogP contribution in [0, 0.1) is 5.92 Å². The van der Waals surface area contributed by atoms with Crippen molar-refractivity contribution in [1.29, 1.82) is 0 Å². The van der Waals surface area contributed by atoms with Crippen LogP contribution in [-0.2, 0) is 0 Å². The summed E-state index contributed by atoms with van der Waals surface area (Å²) in [6, 6.07) is 0. The SMILES string of the molecule is CCN1CCC[C@H](CNC2=NCCCN2)C1. The molecule has 0 aromatic rings. The zero-order chi connectivity index (χ0) is 11.2. The van der Waals surface area contributed by atoms with E-state index in [9.17, 15) is 0 Å². The van der Waals surface area contributed by atoms with Gasteiger partial charge in [-0.3, -0.25) is 4.99 Å². The van der Waals surface area contributed by atoms with E-state index in [-0.39, 0.29) is 0 Å². The highest BCUT2D eigenvalue weighted by molar-refractivity contribution is 5.80. The van der Waals surface area contributed by atoms with Crippen LogP contribution in [0.3, 0.4) is 0 Å². The van der Waals surface area contributed by atoms with Crippen molar-refractivity contribution in [3.63, 3.8) is 0 Å². The smallest absolute Gasteiger partial charge is 0.191 e. The van der Waals surface area contributed by atoms with Gasteiger partial charge in [0, 0.05) is 26.2 Å². The quantitative estimate of drug-likeness (QED) is 0.740. The van der Waals surface area contributed by atoms with Crippen LogP contribution in [-0.4, -0.2) is 50.1 Å². The maximum Gasteiger partial charge on any atom is 0.191 e. The van der Waals surface area contributed by atoms with Gasteiger partial charge in [0.25, 0.3) is 0 Å². The molecule has 4 nitrogen and oxygen atoms in total. The molecule has 4 heteroatoms. The summed E-state index contributed by atoms with van der Waals surface area (Å²) in [6.07, 6.45) is 3.87. The molecule has 1 saturated heterocycles. The van der Waals surface area contributed by atoms with E-state index in [4.69, 9.17) is 0 Å². The number of hydrogen-bond donors (Lipinski definition) is 2. The number of likely N-dealkylation sites (tertiary alicyclic amines) is 1. The topological polar surface area (TPSA) is 39.7 Å². The molecule has 0 radical (unpaired) electrons. The minimum absolute atomic E-state index is 0.792. The Morgan fingerprint density at radius 3 is 3.19 bits per heavy atom. The molecule has 1 fully saturated rings. The zero-order valence-electron chi connectivity index (χ0n) is 10.3. The van der Waals surface area contributed by atoms with Crippen LogP contribution < -0.4 is 10.6 Å². The predicted molar refractivity (Wildman–Crippen MR) is 67.8 cm³/mol. The molecule has 0 amide bonds. The summed E-state index contributed by atoms with van der Waals surface area (Å²) in [4.78, 5) is 6.98. The molecule has 0 saturated carbocycles. The number of hydrogen-bond acceptors (Lipinski definition) is 4. The highest BCUT2D eigenvalue weighted by atomic mass is 15.2. The maximum atomic E-state index is 4.43. The van der Waals surface area contributed by atoms with Gasteiger partial charge >= 0.3 is 0 Å². The standard InChI is InChI=1S/C12H24N4/c1-2-16-8-3-5-11(10-16)9-15-12-13-6-4-7-14-12/h11H,2-10H2,1H3,(H2,13,14,15)/t11-/m1/s1. The fourth-order valence-electron chi connectivity index (χ4n) is 2.50. The molecule has 2 N–H and O–H groups in total. The molecule has 0 aromatic heterocycles. The molecule has 2 heterocycles. The van der Waals surface area contributed by atoms with E-state index in [1.54, 1.807) is 0 Å². The van der Waals surface area contributed by atoms with Gasteiger partial charge < -0.3 is 15.5 Å². The summed E-state index contributed by atoms with van der Waals surface area (Å²) in [7, 11) is 0. The van der Waals surface area contributed by atoms with E-state index in [0.717, 1.165) is 37.9 Å². The van der Waals surface area contributed by atoms with E-state index >= 15 is 0 Å². The van der Waals surface area contributed by atoms with Gasteiger partial charge in [0.15, 0.2) is 5.96 Å². The van der Waals surface area contributed by atoms with Crippen LogP contribution in [0.5, 0.6) is 0 Å². The van der Waals surface area contributed by atoms with E-state index in [1.165, 1.54) is 32.5 Å². The van der Waals surface area contributed by atoms with Crippen LogP contribution in [0.25, 0.3) is 0 Å². The van der Waals surface area contributed by atoms with Crippen molar-refractivity contribution in [2.45, 2.75) is 26.2 Å². The molecule has 0 unspecified atom stereocenters. The van der Waals surface area contributed by atoms with E-state index in [1.807, 2.05) is 0 Å². The summed E-state index contributed by atoms with van der Waals surface area (Å²) in [6.45, 7) is 9.09. The summed E-state index contributed by atoms with van der Waals surface area (Å²) in [5.74, 6) is 1.81. The third-order valence-corrected chi connectivity index (χ3v) is 3.51. The van der Waals surface area contributed by atoms with E-state index < -0.39 is 0 Å². The number of nitrogens with one attached hydrogen (secondary N) is 2. The van der Waals surface area contributed by atoms with Gasteiger partial charge in [-0.1, -0.05) is 6.92 Å². The van der Waals surface area contributed by atoms with Crippen molar-refractivity contribution in [3.05, 3.63) is 0 Å². The fraction of sp³-hybridized carbons (Fsp3) is 0.917. The molecule has 1 atom stereocenters. The zero-order valence-corrected chi connectivity index (χ0v) is 10.3. The fourth-order valence-corrected chi connectivity index (χ4v) is 2.50. The number of piperidine rings is 1. The van der Waals surface area contributed by atoms with Crippen molar-refractivity contribution in [3.8, 4) is 0 Å². The first-order valence-electron chi connectivity index (χ1n) is 6.63. The van der Waals surface area contributed by atoms with Crippen molar-refractivity contribution in [1.82, 2.24) is 15.5 Å². The molecule has 0 aromatic carbocycles. The lowest BCUT2D eigenvalue weighted by Crippen LogP contribution is -2.45. The second-order valence-corrected chi connectivity index (χ2v) is 4.79. The average molecular weight is 224 g/mol. The summed E-state index contributed by atoms with van der Waals surface area (Å²) in [5, 5.41) is 6.76. The van der Waals surface area contributed by atoms with Gasteiger partial charge in [0.05, 0.1) is 0 Å². The van der Waals surface area contributed by atoms with E-state index in [2.05, 4.69) is 27.4 Å². The van der Waals surface area contributed by atoms with Gasteiger partial charge in [0.1, 0.15) is 0 Å². The molecule has 2 aliphatic rings. The Hall–Kier alpha value is -0.770. The van der Waals surface area contributed by atoms with Gasteiger partial charge in [-0.15, -0.1) is 0 Å². The van der Waals surface area contributed by atoms with Crippen molar-refractivity contribution >= 4 is 5.96 Å². The van der Waals surface area contributed by atoms with Gasteiger partial charge in [0.2, 0.25) is 0 Å². The lowest BCUT2D eigenvalue weighted by molar-refractivity contribution is 0.183. The predicted octanol–water partition coefficient (Wildman–Crippen LogP) is 0.657. The van der Waals surface area contributed by atoms with Gasteiger partial charge in [-0.05, 0) is 38.3 Å². The first-order valence-corrected chi connectivity index (χ1v) is 6.63. The van der Waals surface area contributed by atoms with Crippen molar-refractivity contribution < 1.29 is 0 Å². The molecule has 2 aliphatic heterocycles. The first kappa shape index (κ1) is 11.7. The Labute approximate surface area is 98.5 Å². The highest BCUT2D eigenvalue weighted by Gasteiger charge is 2.18. The average Bonchev–Trinajstić information content (AvgIpc) is 2.38. The monoisotopic (exact) mass is 224 g/mol. The number of rotatable bonds is 3. The Kier molecular flexibility index (Phi) is 4.45. The highest BCUT2D eigenvalue weighted by Crippen LogP contribution is 2.15. The third kappa shape index (κ3) is 3.37. The Balaban J connectivity index is 1.70. The second kappa shape index (κ2) is 6.09. The molecule has 0 bridgehead atoms. The number of aliphatic imine (C=N–C) groups is 1. The molecule has 0 aliphatic carbocycles. The maximum absolute atomic E-state index is 4.43. The van der Waals surface area contributed by atoms with Gasteiger partial charge in [-0.2, -0.15) is 0 Å². The van der Waals surface area contributed by atoms with Crippen LogP contribution >= 0.6 is 0 Å². The molecular weight excluding hydrogens is 200 g/mol. The molecule has 92 valence electrons. The molecule has 2 rings (SSSR count). The van der Waals surface area contributed by atoms with E-state index in [0.29, 0.717) is 0 Å². The summed E-state index contributed by atoms with van der Waals surface area (Å²) in [5.41, 5.74) is 0. The number of nitrogens with zero attached hydrogens (tertiary/aromatic N) is 2. The first-order chi connectivity index (χ1) is 7.88. The summed E-state index contributed by atoms with van der Waals surface area (Å²) >= 11 is 0. The lowest BCUT2D eigenvalue weighted by Gasteiger charge is -2.32. The number of guanidine groups is 1. The second-order valence-electron chi connectivity index (χ2n) is 4.79. The summed E-state index contributed by atoms with van der Waals surface area (Å²) < 4.78 is 0. The largest absolute Gasteiger partial charge is 0.356 e. The third-order valence-electron chi connectivity index (χ3n) is 3.51. The minimum atomic E-state index is 0.792. The minimum Gasteiger partial charge on any atom is -0.356 e. The van der Waals surface area contributed by atoms with Crippen LogP contribution in [0.4, 0.5) is 0 Å². The molecule has 0 spiro atoms. The van der Waals surface area contributed by atoms with Crippen molar-refractivity contribution in [2.24, 2.45) is 10.9 Å². The van der Waals surface area contributed by atoms with Gasteiger partial charge in [-0.25, -0.2) is 0 Å². The Morgan fingerprint density at radius 2 is 2.44 bits per heavy atom. The molecular formula is C12H24N4. The Morgan fingerprint density at radius 1 is 1.50 bits per heavy atom. The Bertz CT molecular complexity index is 239. The molecule has 16 heavy (non-hydrogen) atoms. The van der Waals surface area contributed by atoms with Crippen molar-refractivity contribution in [2.75, 3.05) is 39.3 Å². The van der Waals surface area contributed by atoms with Crippen LogP contribution in [0.1, 0.15) is 26.2 Å². The van der Waals surface area contributed by atoms with Crippen LogP contribution in [0.2, 0.25) is 0 Å². The normalized spacial score (nSPS) is 27.1. The van der Waals surface area contributed by atoms with Crippen LogP contribution in [0.15, 0.2) is 4.99 Å².